The molecule has 7 heteroatoms. The molecule has 0 aliphatic rings. The second-order valence-electron chi connectivity index (χ2n) is 5.81. The predicted octanol–water partition coefficient (Wildman–Crippen LogP) is 4.91. The number of benzene rings is 2. The minimum absolute atomic E-state index is 0.267. The van der Waals surface area contributed by atoms with Gasteiger partial charge in [-0.1, -0.05) is 11.6 Å². The Bertz CT molecular complexity index is 973. The molecule has 0 aliphatic heterocycles. The number of rotatable bonds is 6. The Morgan fingerprint density at radius 3 is 2.32 bits per heavy atom. The molecule has 0 unspecified atom stereocenters. The summed E-state index contributed by atoms with van der Waals surface area (Å²) in [6.45, 7) is 2.09. The van der Waals surface area contributed by atoms with Crippen LogP contribution < -0.4 is 10.6 Å². The summed E-state index contributed by atoms with van der Waals surface area (Å²) >= 11 is 5.85. The molecule has 142 valence electrons. The molecule has 6 nitrogen and oxygen atoms in total. The molecule has 3 rings (SSSR count). The molecule has 0 fully saturated rings. The monoisotopic (exact) mass is 395 g/mol. The van der Waals surface area contributed by atoms with E-state index in [4.69, 9.17) is 16.3 Å². The van der Waals surface area contributed by atoms with Gasteiger partial charge in [0.25, 0.3) is 5.91 Å². The summed E-state index contributed by atoms with van der Waals surface area (Å²) in [4.78, 5) is 28.2. The van der Waals surface area contributed by atoms with Crippen LogP contribution in [0.5, 0.6) is 0 Å². The minimum atomic E-state index is -0.362. The summed E-state index contributed by atoms with van der Waals surface area (Å²) in [5, 5.41) is 6.54. The molecule has 1 amide bonds. The van der Waals surface area contributed by atoms with Crippen LogP contribution in [0.2, 0.25) is 5.02 Å². The number of amides is 1. The summed E-state index contributed by atoms with van der Waals surface area (Å²) in [6.07, 6.45) is 1.55. The molecule has 1 aromatic heterocycles. The molecule has 0 aliphatic carbocycles. The highest BCUT2D eigenvalue weighted by Gasteiger charge is 2.09. The molecule has 2 aromatic carbocycles. The van der Waals surface area contributed by atoms with Gasteiger partial charge < -0.3 is 15.4 Å². The minimum Gasteiger partial charge on any atom is -0.462 e. The number of ether oxygens (including phenoxy) is 1. The Labute approximate surface area is 167 Å². The third-order valence-corrected chi connectivity index (χ3v) is 4.03. The van der Waals surface area contributed by atoms with Gasteiger partial charge in [0.05, 0.1) is 12.2 Å². The molecular weight excluding hydrogens is 378 g/mol. The van der Waals surface area contributed by atoms with Crippen molar-refractivity contribution in [2.45, 2.75) is 6.92 Å². The van der Waals surface area contributed by atoms with Crippen LogP contribution in [0.15, 0.2) is 66.9 Å². The number of hydrogen-bond donors (Lipinski definition) is 2. The van der Waals surface area contributed by atoms with Crippen molar-refractivity contribution in [2.75, 3.05) is 17.2 Å². The van der Waals surface area contributed by atoms with Gasteiger partial charge in [-0.05, 0) is 67.6 Å². The van der Waals surface area contributed by atoms with Crippen LogP contribution in [0.25, 0.3) is 0 Å². The van der Waals surface area contributed by atoms with Crippen molar-refractivity contribution in [1.82, 2.24) is 4.98 Å². The van der Waals surface area contributed by atoms with Gasteiger partial charge in [-0.15, -0.1) is 0 Å². The van der Waals surface area contributed by atoms with Crippen LogP contribution in [0.4, 0.5) is 17.1 Å². The molecule has 3 aromatic rings. The van der Waals surface area contributed by atoms with Crippen LogP contribution in [0, 0.1) is 0 Å². The van der Waals surface area contributed by atoms with Gasteiger partial charge in [0, 0.05) is 28.3 Å². The lowest BCUT2D eigenvalue weighted by molar-refractivity contribution is 0.0526. The second kappa shape index (κ2) is 9.01. The Morgan fingerprint density at radius 1 is 0.964 bits per heavy atom. The lowest BCUT2D eigenvalue weighted by Gasteiger charge is -2.09. The SMILES string of the molecule is CCOC(=O)c1ccc(Nc2ccnc(C(=O)Nc3ccc(Cl)cc3)c2)cc1. The zero-order chi connectivity index (χ0) is 19.9. The maximum atomic E-state index is 12.4. The Balaban J connectivity index is 1.68. The Morgan fingerprint density at radius 2 is 1.64 bits per heavy atom. The zero-order valence-electron chi connectivity index (χ0n) is 15.1. The number of carbonyl (C=O) groups is 2. The topological polar surface area (TPSA) is 80.3 Å². The van der Waals surface area contributed by atoms with E-state index in [2.05, 4.69) is 15.6 Å². The fourth-order valence-electron chi connectivity index (χ4n) is 2.43. The van der Waals surface area contributed by atoms with Crippen molar-refractivity contribution in [3.63, 3.8) is 0 Å². The molecule has 0 radical (unpaired) electrons. The van der Waals surface area contributed by atoms with Crippen molar-refractivity contribution in [3.8, 4) is 0 Å². The van der Waals surface area contributed by atoms with E-state index in [-0.39, 0.29) is 17.6 Å². The number of carbonyl (C=O) groups excluding carboxylic acids is 2. The van der Waals surface area contributed by atoms with Gasteiger partial charge in [0.1, 0.15) is 5.69 Å². The lowest BCUT2D eigenvalue weighted by Crippen LogP contribution is -2.13. The largest absolute Gasteiger partial charge is 0.462 e. The number of nitrogens with zero attached hydrogens (tertiary/aromatic N) is 1. The average Bonchev–Trinajstić information content (AvgIpc) is 2.70. The lowest BCUT2D eigenvalue weighted by atomic mass is 10.2. The van der Waals surface area contributed by atoms with E-state index in [9.17, 15) is 9.59 Å². The molecule has 28 heavy (non-hydrogen) atoms. The fraction of sp³-hybridized carbons (Fsp3) is 0.0952. The van der Waals surface area contributed by atoms with Crippen molar-refractivity contribution >= 4 is 40.5 Å². The van der Waals surface area contributed by atoms with E-state index < -0.39 is 0 Å². The first-order valence-corrected chi connectivity index (χ1v) is 9.00. The molecule has 2 N–H and O–H groups in total. The predicted molar refractivity (Wildman–Crippen MR) is 109 cm³/mol. The van der Waals surface area contributed by atoms with Crippen molar-refractivity contribution < 1.29 is 14.3 Å². The van der Waals surface area contributed by atoms with Crippen LogP contribution in [0.3, 0.4) is 0 Å². The molecule has 0 saturated carbocycles. The van der Waals surface area contributed by atoms with E-state index >= 15 is 0 Å². The second-order valence-corrected chi connectivity index (χ2v) is 6.25. The quantitative estimate of drug-likeness (QED) is 0.580. The fourth-order valence-corrected chi connectivity index (χ4v) is 2.56. The first-order valence-electron chi connectivity index (χ1n) is 8.62. The summed E-state index contributed by atoms with van der Waals surface area (Å²) in [7, 11) is 0. The van der Waals surface area contributed by atoms with Gasteiger partial charge in [0.15, 0.2) is 0 Å². The van der Waals surface area contributed by atoms with E-state index in [1.54, 1.807) is 73.8 Å². The van der Waals surface area contributed by atoms with Gasteiger partial charge in [-0.2, -0.15) is 0 Å². The number of pyridine rings is 1. The van der Waals surface area contributed by atoms with E-state index in [1.165, 1.54) is 0 Å². The van der Waals surface area contributed by atoms with Crippen molar-refractivity contribution in [2.24, 2.45) is 0 Å². The Hall–Kier alpha value is -3.38. The van der Waals surface area contributed by atoms with Crippen molar-refractivity contribution in [3.05, 3.63) is 83.1 Å². The average molecular weight is 396 g/mol. The molecule has 0 saturated heterocycles. The zero-order valence-corrected chi connectivity index (χ0v) is 15.9. The molecule has 0 bridgehead atoms. The van der Waals surface area contributed by atoms with Crippen molar-refractivity contribution in [1.29, 1.82) is 0 Å². The smallest absolute Gasteiger partial charge is 0.338 e. The van der Waals surface area contributed by atoms with E-state index in [1.807, 2.05) is 0 Å². The van der Waals surface area contributed by atoms with E-state index in [0.29, 0.717) is 28.6 Å². The van der Waals surface area contributed by atoms with Gasteiger partial charge >= 0.3 is 5.97 Å². The number of aromatic nitrogens is 1. The molecule has 0 spiro atoms. The molecule has 1 heterocycles. The maximum absolute atomic E-state index is 12.4. The highest BCUT2D eigenvalue weighted by atomic mass is 35.5. The third-order valence-electron chi connectivity index (χ3n) is 3.78. The number of nitrogens with one attached hydrogen (secondary N) is 2. The van der Waals surface area contributed by atoms with Crippen LogP contribution >= 0.6 is 11.6 Å². The number of esters is 1. The summed E-state index contributed by atoms with van der Waals surface area (Å²) < 4.78 is 4.96. The van der Waals surface area contributed by atoms with Gasteiger partial charge in [0.2, 0.25) is 0 Å². The summed E-state index contributed by atoms with van der Waals surface area (Å²) in [6, 6.07) is 17.1. The number of hydrogen-bond acceptors (Lipinski definition) is 5. The molecule has 0 atom stereocenters. The first kappa shape index (κ1) is 19.4. The summed E-state index contributed by atoms with van der Waals surface area (Å²) in [5.74, 6) is -0.692. The summed E-state index contributed by atoms with van der Waals surface area (Å²) in [5.41, 5.74) is 2.83. The molecular formula is C21H18ClN3O3. The standard InChI is InChI=1S/C21H18ClN3O3/c1-2-28-21(27)14-3-7-16(8-4-14)24-18-11-12-23-19(13-18)20(26)25-17-9-5-15(22)6-10-17/h3-13H,2H2,1H3,(H,23,24)(H,25,26). The highest BCUT2D eigenvalue weighted by Crippen LogP contribution is 2.19. The van der Waals surface area contributed by atoms with Crippen LogP contribution in [-0.4, -0.2) is 23.5 Å². The van der Waals surface area contributed by atoms with E-state index in [0.717, 1.165) is 5.69 Å². The first-order chi connectivity index (χ1) is 13.5. The highest BCUT2D eigenvalue weighted by molar-refractivity contribution is 6.30. The van der Waals surface area contributed by atoms with Crippen LogP contribution in [0.1, 0.15) is 27.8 Å². The van der Waals surface area contributed by atoms with Gasteiger partial charge in [-0.25, -0.2) is 4.79 Å². The third kappa shape index (κ3) is 5.08. The number of halogens is 1. The van der Waals surface area contributed by atoms with Crippen LogP contribution in [-0.2, 0) is 4.74 Å². The number of anilines is 3. The normalized spacial score (nSPS) is 10.2. The Kier molecular flexibility index (Phi) is 6.24. The van der Waals surface area contributed by atoms with Gasteiger partial charge in [-0.3, -0.25) is 9.78 Å². The maximum Gasteiger partial charge on any atom is 0.338 e.